The van der Waals surface area contributed by atoms with E-state index in [1.807, 2.05) is 6.92 Å². The van der Waals surface area contributed by atoms with Gasteiger partial charge in [0.25, 0.3) is 0 Å². The predicted molar refractivity (Wildman–Crippen MR) is 32.6 cm³/mol. The maximum Gasteiger partial charge on any atom is 0.154 e. The zero-order valence-electron chi connectivity index (χ0n) is 5.39. The molecule has 2 nitrogen and oxygen atoms in total. The molecule has 48 valence electrons. The Labute approximate surface area is 50.1 Å². The van der Waals surface area contributed by atoms with Gasteiger partial charge in [-0.25, -0.2) is 0 Å². The molecule has 0 fully saturated rings. The summed E-state index contributed by atoms with van der Waals surface area (Å²) in [5, 5.41) is 0. The largest absolute Gasteiger partial charge is 0.356 e. The third-order valence-electron chi connectivity index (χ3n) is 0.781. The molecule has 0 bridgehead atoms. The lowest BCUT2D eigenvalue weighted by Gasteiger charge is -2.07. The number of ether oxygens (including phenoxy) is 2. The van der Waals surface area contributed by atoms with Crippen LogP contribution in [0.25, 0.3) is 0 Å². The van der Waals surface area contributed by atoms with Crippen LogP contribution in [0, 0.1) is 0 Å². The van der Waals surface area contributed by atoms with Gasteiger partial charge in [0.15, 0.2) is 6.29 Å². The molecule has 0 saturated heterocycles. The number of hydrogen-bond acceptors (Lipinski definition) is 2. The van der Waals surface area contributed by atoms with Crippen molar-refractivity contribution in [3.8, 4) is 0 Å². The van der Waals surface area contributed by atoms with E-state index in [-0.39, 0.29) is 6.29 Å². The minimum absolute atomic E-state index is 0.118. The Morgan fingerprint density at radius 1 is 1.75 bits per heavy atom. The van der Waals surface area contributed by atoms with Crippen molar-refractivity contribution in [2.24, 2.45) is 0 Å². The molecular weight excluding hydrogens is 104 g/mol. The molecule has 0 aromatic carbocycles. The van der Waals surface area contributed by atoms with E-state index in [0.717, 1.165) is 0 Å². The van der Waals surface area contributed by atoms with Crippen molar-refractivity contribution in [2.45, 2.75) is 13.2 Å². The fourth-order valence-corrected chi connectivity index (χ4v) is 0.272. The first-order valence-corrected chi connectivity index (χ1v) is 2.56. The van der Waals surface area contributed by atoms with Crippen LogP contribution in [0.15, 0.2) is 12.7 Å². The number of rotatable bonds is 4. The van der Waals surface area contributed by atoms with Crippen molar-refractivity contribution in [1.29, 1.82) is 0 Å². The van der Waals surface area contributed by atoms with E-state index >= 15 is 0 Å². The lowest BCUT2D eigenvalue weighted by Crippen LogP contribution is -2.09. The molecule has 0 N–H and O–H groups in total. The fraction of sp³-hybridized carbons (Fsp3) is 0.667. The molecule has 8 heavy (non-hydrogen) atoms. The molecule has 0 aromatic rings. The summed E-state index contributed by atoms with van der Waals surface area (Å²) in [4.78, 5) is 0. The Morgan fingerprint density at radius 3 is 2.75 bits per heavy atom. The van der Waals surface area contributed by atoms with Crippen molar-refractivity contribution in [2.75, 3.05) is 13.7 Å². The zero-order chi connectivity index (χ0) is 6.41. The Kier molecular flexibility index (Phi) is 4.61. The Morgan fingerprint density at radius 2 is 2.38 bits per heavy atom. The predicted octanol–water partition coefficient (Wildman–Crippen LogP) is 1.18. The molecule has 2 heteroatoms. The Bertz CT molecular complexity index is 61.5. The number of methoxy groups -OCH3 is 1. The van der Waals surface area contributed by atoms with Crippen LogP contribution in [0.2, 0.25) is 0 Å². The maximum atomic E-state index is 5.00. The van der Waals surface area contributed by atoms with Crippen molar-refractivity contribution in [1.82, 2.24) is 0 Å². The van der Waals surface area contributed by atoms with Crippen LogP contribution in [-0.4, -0.2) is 20.0 Å². The van der Waals surface area contributed by atoms with Crippen LogP contribution < -0.4 is 0 Å². The summed E-state index contributed by atoms with van der Waals surface area (Å²) in [5.74, 6) is 0. The SMILES string of the molecule is C=CCOC(C)OC. The van der Waals surface area contributed by atoms with Crippen molar-refractivity contribution in [3.63, 3.8) is 0 Å². The van der Waals surface area contributed by atoms with E-state index in [0.29, 0.717) is 6.61 Å². The summed E-state index contributed by atoms with van der Waals surface area (Å²) < 4.78 is 9.78. The minimum atomic E-state index is -0.118. The van der Waals surface area contributed by atoms with Crippen LogP contribution >= 0.6 is 0 Å². The quantitative estimate of drug-likeness (QED) is 0.405. The molecule has 0 heterocycles. The topological polar surface area (TPSA) is 18.5 Å². The van der Waals surface area contributed by atoms with Gasteiger partial charge in [0.1, 0.15) is 0 Å². The van der Waals surface area contributed by atoms with Gasteiger partial charge in [-0.05, 0) is 6.92 Å². The third kappa shape index (κ3) is 3.84. The molecule has 0 aliphatic heterocycles. The van der Waals surface area contributed by atoms with Gasteiger partial charge in [0.05, 0.1) is 6.61 Å². The number of hydrogen-bond donors (Lipinski definition) is 0. The van der Waals surface area contributed by atoms with Gasteiger partial charge < -0.3 is 9.47 Å². The molecular formula is C6H12O2. The van der Waals surface area contributed by atoms with Gasteiger partial charge in [0, 0.05) is 7.11 Å². The second-order valence-electron chi connectivity index (χ2n) is 1.43. The maximum absolute atomic E-state index is 5.00. The molecule has 0 aromatic heterocycles. The molecule has 0 amide bonds. The van der Waals surface area contributed by atoms with Crippen molar-refractivity contribution in [3.05, 3.63) is 12.7 Å². The molecule has 0 radical (unpaired) electrons. The summed E-state index contributed by atoms with van der Waals surface area (Å²) in [6, 6.07) is 0. The van der Waals surface area contributed by atoms with E-state index in [2.05, 4.69) is 6.58 Å². The lowest BCUT2D eigenvalue weighted by atomic mass is 10.7. The molecule has 0 spiro atoms. The molecule has 1 atom stereocenters. The molecule has 0 saturated carbocycles. The monoisotopic (exact) mass is 116 g/mol. The summed E-state index contributed by atoms with van der Waals surface area (Å²) in [7, 11) is 1.60. The average Bonchev–Trinajstić information content (AvgIpc) is 1.83. The van der Waals surface area contributed by atoms with Gasteiger partial charge in [0.2, 0.25) is 0 Å². The minimum Gasteiger partial charge on any atom is -0.356 e. The summed E-state index contributed by atoms with van der Waals surface area (Å²) in [5.41, 5.74) is 0. The summed E-state index contributed by atoms with van der Waals surface area (Å²) in [6.45, 7) is 5.87. The normalized spacial score (nSPS) is 13.2. The van der Waals surface area contributed by atoms with E-state index < -0.39 is 0 Å². The molecule has 0 rings (SSSR count). The second kappa shape index (κ2) is 4.81. The zero-order valence-corrected chi connectivity index (χ0v) is 5.39. The van der Waals surface area contributed by atoms with Crippen molar-refractivity contribution < 1.29 is 9.47 Å². The van der Waals surface area contributed by atoms with Crippen LogP contribution in [-0.2, 0) is 9.47 Å². The standard InChI is InChI=1S/C6H12O2/c1-4-5-8-6(2)7-3/h4,6H,1,5H2,2-3H3. The van der Waals surface area contributed by atoms with E-state index in [1.54, 1.807) is 13.2 Å². The van der Waals surface area contributed by atoms with Crippen molar-refractivity contribution >= 4 is 0 Å². The fourth-order valence-electron chi connectivity index (χ4n) is 0.272. The van der Waals surface area contributed by atoms with E-state index in [1.165, 1.54) is 0 Å². The first-order valence-electron chi connectivity index (χ1n) is 2.56. The van der Waals surface area contributed by atoms with Gasteiger partial charge in [-0.15, -0.1) is 6.58 Å². The molecule has 0 aliphatic carbocycles. The Hall–Kier alpha value is -0.340. The van der Waals surface area contributed by atoms with E-state index in [9.17, 15) is 0 Å². The summed E-state index contributed by atoms with van der Waals surface area (Å²) in [6.07, 6.45) is 1.57. The smallest absolute Gasteiger partial charge is 0.154 e. The first-order chi connectivity index (χ1) is 3.81. The van der Waals surface area contributed by atoms with Crippen LogP contribution in [0.5, 0.6) is 0 Å². The lowest BCUT2D eigenvalue weighted by molar-refractivity contribution is -0.101. The highest BCUT2D eigenvalue weighted by Gasteiger charge is 1.92. The van der Waals surface area contributed by atoms with Gasteiger partial charge in [-0.3, -0.25) is 0 Å². The molecule has 0 aliphatic rings. The summed E-state index contributed by atoms with van der Waals surface area (Å²) >= 11 is 0. The van der Waals surface area contributed by atoms with Crippen LogP contribution in [0.1, 0.15) is 6.92 Å². The highest BCUT2D eigenvalue weighted by atomic mass is 16.7. The van der Waals surface area contributed by atoms with Gasteiger partial charge >= 0.3 is 0 Å². The van der Waals surface area contributed by atoms with Crippen LogP contribution in [0.4, 0.5) is 0 Å². The highest BCUT2D eigenvalue weighted by Crippen LogP contribution is 1.88. The highest BCUT2D eigenvalue weighted by molar-refractivity contribution is 4.63. The van der Waals surface area contributed by atoms with Crippen LogP contribution in [0.3, 0.4) is 0 Å². The Balaban J connectivity index is 2.97. The van der Waals surface area contributed by atoms with Gasteiger partial charge in [-0.2, -0.15) is 0 Å². The third-order valence-corrected chi connectivity index (χ3v) is 0.781. The van der Waals surface area contributed by atoms with E-state index in [4.69, 9.17) is 9.47 Å². The first kappa shape index (κ1) is 7.66. The second-order valence-corrected chi connectivity index (χ2v) is 1.43. The average molecular weight is 116 g/mol. The molecule has 1 unspecified atom stereocenters. The van der Waals surface area contributed by atoms with Gasteiger partial charge in [-0.1, -0.05) is 6.08 Å².